The molecule has 198 valence electrons. The Balaban J connectivity index is 1.75. The van der Waals surface area contributed by atoms with Crippen molar-refractivity contribution in [1.82, 2.24) is 9.97 Å². The number of nitrogens with two attached hydrogens (primary N) is 1. The fourth-order valence-electron chi connectivity index (χ4n) is 4.39. The summed E-state index contributed by atoms with van der Waals surface area (Å²) in [6.45, 7) is 5.60. The van der Waals surface area contributed by atoms with Gasteiger partial charge in [0.05, 0.1) is 48.9 Å². The van der Waals surface area contributed by atoms with Crippen LogP contribution in [0.4, 0.5) is 11.5 Å². The van der Waals surface area contributed by atoms with Crippen LogP contribution < -0.4 is 21.1 Å². The Kier molecular flexibility index (Phi) is 9.59. The number of methoxy groups -OCH3 is 1. The molecule has 1 amide bonds. The highest BCUT2D eigenvalue weighted by atomic mass is 16.5. The fourth-order valence-corrected chi connectivity index (χ4v) is 4.39. The maximum Gasteiger partial charge on any atom is 0.309 e. The highest BCUT2D eigenvalue weighted by Crippen LogP contribution is 2.32. The topological polar surface area (TPSA) is 141 Å². The number of esters is 1. The van der Waals surface area contributed by atoms with Crippen molar-refractivity contribution in [2.24, 2.45) is 22.6 Å². The Bertz CT molecular complexity index is 1160. The van der Waals surface area contributed by atoms with Crippen molar-refractivity contribution in [3.8, 4) is 5.88 Å². The van der Waals surface area contributed by atoms with Crippen LogP contribution in [0.5, 0.6) is 5.88 Å². The second-order valence-corrected chi connectivity index (χ2v) is 9.25. The van der Waals surface area contributed by atoms with Gasteiger partial charge in [0.15, 0.2) is 5.82 Å². The second-order valence-electron chi connectivity index (χ2n) is 9.25. The largest absolute Gasteiger partial charge is 0.474 e. The van der Waals surface area contributed by atoms with Crippen molar-refractivity contribution in [3.63, 3.8) is 0 Å². The third kappa shape index (κ3) is 7.28. The van der Waals surface area contributed by atoms with E-state index in [0.29, 0.717) is 47.3 Å². The lowest BCUT2D eigenvalue weighted by Crippen LogP contribution is -2.36. The Morgan fingerprint density at radius 1 is 1.08 bits per heavy atom. The minimum absolute atomic E-state index is 0.0351. The summed E-state index contributed by atoms with van der Waals surface area (Å²) in [5.41, 5.74) is 9.34. The van der Waals surface area contributed by atoms with Crippen LogP contribution in [0.15, 0.2) is 53.0 Å². The number of nitrogens with one attached hydrogen (secondary N) is 2. The van der Waals surface area contributed by atoms with Crippen molar-refractivity contribution in [3.05, 3.63) is 53.6 Å². The molecule has 3 rings (SSSR count). The summed E-state index contributed by atoms with van der Waals surface area (Å²) in [6.07, 6.45) is 6.25. The maximum absolute atomic E-state index is 13.0. The van der Waals surface area contributed by atoms with Gasteiger partial charge >= 0.3 is 5.97 Å². The van der Waals surface area contributed by atoms with E-state index in [9.17, 15) is 9.59 Å². The molecule has 0 bridgehead atoms. The molecule has 1 aromatic heterocycles. The molecule has 2 unspecified atom stereocenters. The van der Waals surface area contributed by atoms with Crippen LogP contribution in [0.1, 0.15) is 52.0 Å². The standard InChI is InChI=1S/C27H36N6O4/c1-16(2)37-23-15-30-14-22(32-23)33-24(17(3)28)25(29-4)18-10-12-19(13-11-18)31-26(34)20-8-6-7-9-21(20)27(35)36-5/h10-16,20-21H,6-9,28H2,1-5H3,(H,31,34)(H,32,33). The van der Waals surface area contributed by atoms with Gasteiger partial charge in [-0.1, -0.05) is 25.0 Å². The summed E-state index contributed by atoms with van der Waals surface area (Å²) in [6, 6.07) is 7.31. The minimum atomic E-state index is -0.407. The number of amides is 1. The summed E-state index contributed by atoms with van der Waals surface area (Å²) in [4.78, 5) is 38.2. The maximum atomic E-state index is 13.0. The molecule has 2 atom stereocenters. The number of hydrogen-bond acceptors (Lipinski definition) is 9. The molecule has 1 aliphatic carbocycles. The number of allylic oxidation sites excluding steroid dienone is 2. The first-order chi connectivity index (χ1) is 17.7. The molecule has 10 heteroatoms. The van der Waals surface area contributed by atoms with Gasteiger partial charge in [-0.15, -0.1) is 0 Å². The first-order valence-electron chi connectivity index (χ1n) is 12.4. The number of hydrogen-bond donors (Lipinski definition) is 3. The van der Waals surface area contributed by atoms with Gasteiger partial charge in [-0.05, 0) is 45.7 Å². The number of aliphatic imine (C=N–C) groups is 1. The van der Waals surface area contributed by atoms with Crippen molar-refractivity contribution in [2.75, 3.05) is 24.8 Å². The van der Waals surface area contributed by atoms with Crippen LogP contribution >= 0.6 is 0 Å². The predicted octanol–water partition coefficient (Wildman–Crippen LogP) is 3.90. The van der Waals surface area contributed by atoms with E-state index in [0.717, 1.165) is 18.4 Å². The molecule has 10 nitrogen and oxygen atoms in total. The molecule has 0 spiro atoms. The zero-order valence-corrected chi connectivity index (χ0v) is 22.1. The van der Waals surface area contributed by atoms with Gasteiger partial charge in [0.25, 0.3) is 0 Å². The quantitative estimate of drug-likeness (QED) is 0.342. The molecule has 1 heterocycles. The van der Waals surface area contributed by atoms with E-state index < -0.39 is 11.8 Å². The Hall–Kier alpha value is -3.95. The van der Waals surface area contributed by atoms with E-state index in [1.165, 1.54) is 7.11 Å². The van der Waals surface area contributed by atoms with Crippen LogP contribution in [0.3, 0.4) is 0 Å². The van der Waals surface area contributed by atoms with Crippen LogP contribution in [-0.2, 0) is 14.3 Å². The van der Waals surface area contributed by atoms with Gasteiger partial charge < -0.3 is 25.8 Å². The molecule has 1 aromatic carbocycles. The van der Waals surface area contributed by atoms with E-state index in [1.54, 1.807) is 38.5 Å². The average Bonchev–Trinajstić information content (AvgIpc) is 2.88. The first-order valence-corrected chi connectivity index (χ1v) is 12.4. The number of nitrogens with zero attached hydrogens (tertiary/aromatic N) is 3. The van der Waals surface area contributed by atoms with Crippen LogP contribution in [0.25, 0.3) is 0 Å². The third-order valence-corrected chi connectivity index (χ3v) is 6.11. The van der Waals surface area contributed by atoms with E-state index in [-0.39, 0.29) is 18.0 Å². The molecule has 1 fully saturated rings. The van der Waals surface area contributed by atoms with Gasteiger partial charge in [0, 0.05) is 24.0 Å². The van der Waals surface area contributed by atoms with Crippen molar-refractivity contribution in [2.45, 2.75) is 52.6 Å². The lowest BCUT2D eigenvalue weighted by molar-refractivity contribution is -0.151. The number of benzene rings is 1. The number of carbonyl (C=O) groups excluding carboxylic acids is 2. The number of rotatable bonds is 9. The number of ether oxygens (including phenoxy) is 2. The fraction of sp³-hybridized carbons (Fsp3) is 0.444. The van der Waals surface area contributed by atoms with E-state index in [2.05, 4.69) is 25.6 Å². The van der Waals surface area contributed by atoms with Gasteiger partial charge in [0.2, 0.25) is 11.8 Å². The van der Waals surface area contributed by atoms with Gasteiger partial charge in [-0.25, -0.2) is 0 Å². The minimum Gasteiger partial charge on any atom is -0.474 e. The van der Waals surface area contributed by atoms with Crippen molar-refractivity contribution < 1.29 is 19.1 Å². The highest BCUT2D eigenvalue weighted by molar-refractivity contribution is 6.14. The second kappa shape index (κ2) is 12.8. The number of aromatic nitrogens is 2. The molecule has 0 radical (unpaired) electrons. The molecule has 37 heavy (non-hydrogen) atoms. The average molecular weight is 509 g/mol. The van der Waals surface area contributed by atoms with Gasteiger partial charge in [-0.2, -0.15) is 4.98 Å². The third-order valence-electron chi connectivity index (χ3n) is 6.11. The smallest absolute Gasteiger partial charge is 0.309 e. The summed E-state index contributed by atoms with van der Waals surface area (Å²) < 4.78 is 10.5. The van der Waals surface area contributed by atoms with Crippen molar-refractivity contribution in [1.29, 1.82) is 0 Å². The van der Waals surface area contributed by atoms with Crippen LogP contribution in [0, 0.1) is 11.8 Å². The van der Waals surface area contributed by atoms with E-state index in [4.69, 9.17) is 15.2 Å². The molecule has 0 saturated heterocycles. The van der Waals surface area contributed by atoms with E-state index >= 15 is 0 Å². The normalized spacial score (nSPS) is 18.6. The molecule has 2 aromatic rings. The van der Waals surface area contributed by atoms with Crippen molar-refractivity contribution >= 4 is 29.1 Å². The molecule has 1 aliphatic rings. The van der Waals surface area contributed by atoms with Crippen LogP contribution in [0.2, 0.25) is 0 Å². The van der Waals surface area contributed by atoms with Gasteiger partial charge in [0.1, 0.15) is 0 Å². The molecule has 0 aliphatic heterocycles. The summed E-state index contributed by atoms with van der Waals surface area (Å²) in [5, 5.41) is 6.16. The zero-order chi connectivity index (χ0) is 26.9. The summed E-state index contributed by atoms with van der Waals surface area (Å²) in [5.74, 6) is -0.435. The van der Waals surface area contributed by atoms with Gasteiger partial charge in [-0.3, -0.25) is 19.6 Å². The summed E-state index contributed by atoms with van der Waals surface area (Å²) >= 11 is 0. The highest BCUT2D eigenvalue weighted by Gasteiger charge is 2.36. The van der Waals surface area contributed by atoms with Crippen LogP contribution in [-0.4, -0.2) is 47.8 Å². The Morgan fingerprint density at radius 3 is 2.35 bits per heavy atom. The number of anilines is 2. The summed E-state index contributed by atoms with van der Waals surface area (Å²) in [7, 11) is 3.04. The Morgan fingerprint density at radius 2 is 1.76 bits per heavy atom. The monoisotopic (exact) mass is 508 g/mol. The lowest BCUT2D eigenvalue weighted by atomic mass is 9.78. The molecule has 1 saturated carbocycles. The molecule has 4 N–H and O–H groups in total. The SMILES string of the molecule is CN=C(C(Nc1cncc(OC(C)C)n1)=C(C)N)c1ccc(NC(=O)C2CCCCC2C(=O)OC)cc1. The molecular weight excluding hydrogens is 472 g/mol. The molecular formula is C27H36N6O4. The lowest BCUT2D eigenvalue weighted by Gasteiger charge is -2.28. The zero-order valence-electron chi connectivity index (χ0n) is 22.1. The first kappa shape index (κ1) is 27.6. The predicted molar refractivity (Wildman–Crippen MR) is 143 cm³/mol. The number of carbonyl (C=O) groups is 2. The Labute approximate surface area is 217 Å². The van der Waals surface area contributed by atoms with E-state index in [1.807, 2.05) is 26.0 Å².